The fraction of sp³-hybridized carbons (Fsp3) is 0.320. The summed E-state index contributed by atoms with van der Waals surface area (Å²) in [6, 6.07) is 12.6. The third-order valence-corrected chi connectivity index (χ3v) is 6.61. The summed E-state index contributed by atoms with van der Waals surface area (Å²) in [6.45, 7) is 4.44. The standard InChI is InChI=1S/C25H26F3N5O4S/c1-15-5-4-6-17(13-15)14-32-11-12-33-24(32)20(21(30-33)25(26,27)28)23(35)29-16(2)18-7-9-19(10-8-18)22(34)31-38(3,36)37/h4-10,13,16H,11-12,14H2,1-3H3,(H,29,35)(H,31,34)/t16-/m0/s1. The molecular weight excluding hydrogens is 523 g/mol. The molecule has 38 heavy (non-hydrogen) atoms. The molecule has 1 aliphatic rings. The van der Waals surface area contributed by atoms with Gasteiger partial charge < -0.3 is 10.2 Å². The number of carbonyl (C=O) groups excluding carboxylic acids is 2. The van der Waals surface area contributed by atoms with Gasteiger partial charge in [-0.05, 0) is 37.1 Å². The lowest BCUT2D eigenvalue weighted by Gasteiger charge is -2.21. The number of benzene rings is 2. The topological polar surface area (TPSA) is 113 Å². The lowest BCUT2D eigenvalue weighted by Crippen LogP contribution is -2.31. The quantitative estimate of drug-likeness (QED) is 0.467. The summed E-state index contributed by atoms with van der Waals surface area (Å²) < 4.78 is 67.3. The number of alkyl halides is 3. The predicted molar refractivity (Wildman–Crippen MR) is 134 cm³/mol. The van der Waals surface area contributed by atoms with Gasteiger partial charge in [0.05, 0.1) is 18.8 Å². The first-order valence-electron chi connectivity index (χ1n) is 11.6. The average Bonchev–Trinajstić information content (AvgIpc) is 3.38. The molecule has 2 amide bonds. The van der Waals surface area contributed by atoms with Gasteiger partial charge in [-0.15, -0.1) is 0 Å². The Morgan fingerprint density at radius 1 is 1.08 bits per heavy atom. The fourth-order valence-corrected chi connectivity index (χ4v) is 4.80. The molecule has 9 nitrogen and oxygen atoms in total. The van der Waals surface area contributed by atoms with Gasteiger partial charge in [-0.1, -0.05) is 42.0 Å². The Morgan fingerprint density at radius 2 is 1.76 bits per heavy atom. The average molecular weight is 550 g/mol. The van der Waals surface area contributed by atoms with Gasteiger partial charge in [-0.3, -0.25) is 9.59 Å². The zero-order valence-electron chi connectivity index (χ0n) is 20.8. The Bertz CT molecular complexity index is 1480. The Hall–Kier alpha value is -3.87. The molecule has 13 heteroatoms. The number of aromatic nitrogens is 2. The molecule has 0 aliphatic carbocycles. The van der Waals surface area contributed by atoms with Crippen LogP contribution in [0.15, 0.2) is 48.5 Å². The molecule has 202 valence electrons. The second-order valence-electron chi connectivity index (χ2n) is 9.20. The first kappa shape index (κ1) is 27.2. The van der Waals surface area contributed by atoms with Gasteiger partial charge in [-0.25, -0.2) is 17.8 Å². The highest BCUT2D eigenvalue weighted by molar-refractivity contribution is 7.89. The number of hydrogen-bond donors (Lipinski definition) is 2. The number of anilines is 1. The molecule has 0 saturated carbocycles. The second-order valence-corrected chi connectivity index (χ2v) is 10.9. The molecule has 2 aromatic carbocycles. The van der Waals surface area contributed by atoms with Gasteiger partial charge in [-0.2, -0.15) is 18.3 Å². The molecule has 0 bridgehead atoms. The summed E-state index contributed by atoms with van der Waals surface area (Å²) in [6.07, 6.45) is -3.99. The van der Waals surface area contributed by atoms with Crippen LogP contribution in [0.2, 0.25) is 0 Å². The maximum absolute atomic E-state index is 13.9. The van der Waals surface area contributed by atoms with Crippen LogP contribution in [0.1, 0.15) is 56.1 Å². The molecule has 2 N–H and O–H groups in total. The smallest absolute Gasteiger partial charge is 0.350 e. The summed E-state index contributed by atoms with van der Waals surface area (Å²) in [5, 5.41) is 6.33. The van der Waals surface area contributed by atoms with Gasteiger partial charge in [0.2, 0.25) is 10.0 Å². The first-order valence-corrected chi connectivity index (χ1v) is 13.5. The molecule has 1 aromatic heterocycles. The number of aryl methyl sites for hydroxylation is 1. The van der Waals surface area contributed by atoms with E-state index in [4.69, 9.17) is 0 Å². The molecule has 3 aromatic rings. The Labute approximate surface area is 217 Å². The third-order valence-electron chi connectivity index (χ3n) is 6.06. The lowest BCUT2D eigenvalue weighted by atomic mass is 10.0. The number of fused-ring (bicyclic) bond motifs is 1. The van der Waals surface area contributed by atoms with Gasteiger partial charge in [0.25, 0.3) is 11.8 Å². The van der Waals surface area contributed by atoms with Crippen LogP contribution in [-0.2, 0) is 29.3 Å². The van der Waals surface area contributed by atoms with E-state index in [1.807, 2.05) is 35.9 Å². The van der Waals surface area contributed by atoms with Crippen molar-refractivity contribution in [2.45, 2.75) is 39.2 Å². The molecular formula is C25H26F3N5O4S. The monoisotopic (exact) mass is 549 g/mol. The van der Waals surface area contributed by atoms with E-state index in [-0.39, 0.29) is 17.9 Å². The maximum Gasteiger partial charge on any atom is 0.436 e. The van der Waals surface area contributed by atoms with Crippen LogP contribution in [-0.4, -0.2) is 42.8 Å². The number of rotatable bonds is 7. The Kier molecular flexibility index (Phi) is 7.24. The largest absolute Gasteiger partial charge is 0.436 e. The molecule has 0 radical (unpaired) electrons. The molecule has 2 heterocycles. The van der Waals surface area contributed by atoms with Crippen molar-refractivity contribution in [2.24, 2.45) is 0 Å². The van der Waals surface area contributed by atoms with Gasteiger partial charge in [0.1, 0.15) is 11.4 Å². The maximum atomic E-state index is 13.9. The highest BCUT2D eigenvalue weighted by atomic mass is 32.2. The molecule has 0 saturated heterocycles. The first-order chi connectivity index (χ1) is 17.7. The van der Waals surface area contributed by atoms with Gasteiger partial charge >= 0.3 is 6.18 Å². The minimum atomic E-state index is -4.84. The van der Waals surface area contributed by atoms with Crippen LogP contribution in [0.5, 0.6) is 0 Å². The number of amides is 2. The van der Waals surface area contributed by atoms with E-state index in [1.54, 1.807) is 11.8 Å². The van der Waals surface area contributed by atoms with Crippen molar-refractivity contribution < 1.29 is 31.2 Å². The van der Waals surface area contributed by atoms with Crippen molar-refractivity contribution in [1.82, 2.24) is 19.8 Å². The summed E-state index contributed by atoms with van der Waals surface area (Å²) >= 11 is 0. The zero-order chi connectivity index (χ0) is 27.8. The number of halogens is 3. The molecule has 0 unspecified atom stereocenters. The van der Waals surface area contributed by atoms with Gasteiger partial charge in [0, 0.05) is 18.7 Å². The zero-order valence-corrected chi connectivity index (χ0v) is 21.7. The lowest BCUT2D eigenvalue weighted by molar-refractivity contribution is -0.141. The number of sulfonamides is 1. The second kappa shape index (κ2) is 10.1. The highest BCUT2D eigenvalue weighted by Crippen LogP contribution is 2.38. The van der Waals surface area contributed by atoms with E-state index in [9.17, 15) is 31.2 Å². The summed E-state index contributed by atoms with van der Waals surface area (Å²) in [5.41, 5.74) is 0.685. The van der Waals surface area contributed by atoms with E-state index in [0.29, 0.717) is 18.7 Å². The third kappa shape index (κ3) is 5.98. The molecule has 0 spiro atoms. The van der Waals surface area contributed by atoms with Gasteiger partial charge in [0.15, 0.2) is 5.69 Å². The van der Waals surface area contributed by atoms with Crippen molar-refractivity contribution >= 4 is 27.7 Å². The number of carbonyl (C=O) groups is 2. The highest BCUT2D eigenvalue weighted by Gasteiger charge is 2.44. The summed E-state index contributed by atoms with van der Waals surface area (Å²) in [7, 11) is -3.75. The van der Waals surface area contributed by atoms with Crippen molar-refractivity contribution in [1.29, 1.82) is 0 Å². The fourth-order valence-electron chi connectivity index (χ4n) is 4.35. The molecule has 1 aliphatic heterocycles. The predicted octanol–water partition coefficient (Wildman–Crippen LogP) is 3.41. The number of hydrogen-bond acceptors (Lipinski definition) is 6. The van der Waals surface area contributed by atoms with Crippen LogP contribution in [0, 0.1) is 6.92 Å². The van der Waals surface area contributed by atoms with E-state index < -0.39 is 45.3 Å². The van der Waals surface area contributed by atoms with Crippen molar-refractivity contribution in [3.63, 3.8) is 0 Å². The SMILES string of the molecule is Cc1cccc(CN2CCn3nc(C(F)(F)F)c(C(=O)N[C@@H](C)c4ccc(C(=O)NS(C)(=O)=O)cc4)c32)c1. The molecule has 1 atom stereocenters. The summed E-state index contributed by atoms with van der Waals surface area (Å²) in [5.74, 6) is -1.65. The van der Waals surface area contributed by atoms with E-state index in [2.05, 4.69) is 10.4 Å². The molecule has 4 rings (SSSR count). The number of nitrogens with zero attached hydrogens (tertiary/aromatic N) is 3. The minimum absolute atomic E-state index is 0.0679. The van der Waals surface area contributed by atoms with Crippen LogP contribution >= 0.6 is 0 Å². The summed E-state index contributed by atoms with van der Waals surface area (Å²) in [4.78, 5) is 27.0. The normalized spacial score (nSPS) is 14.2. The van der Waals surface area contributed by atoms with Crippen molar-refractivity contribution in [2.75, 3.05) is 17.7 Å². The van der Waals surface area contributed by atoms with E-state index >= 15 is 0 Å². The molecule has 0 fully saturated rings. The van der Waals surface area contributed by atoms with Crippen LogP contribution in [0.3, 0.4) is 0 Å². The number of nitrogens with one attached hydrogen (secondary N) is 2. The van der Waals surface area contributed by atoms with E-state index in [0.717, 1.165) is 17.4 Å². The van der Waals surface area contributed by atoms with E-state index in [1.165, 1.54) is 28.9 Å². The minimum Gasteiger partial charge on any atom is -0.350 e. The van der Waals surface area contributed by atoms with Crippen LogP contribution in [0.25, 0.3) is 0 Å². The Morgan fingerprint density at radius 3 is 2.37 bits per heavy atom. The van der Waals surface area contributed by atoms with Crippen LogP contribution < -0.4 is 14.9 Å². The van der Waals surface area contributed by atoms with Crippen LogP contribution in [0.4, 0.5) is 19.0 Å². The Balaban J connectivity index is 1.59. The van der Waals surface area contributed by atoms with Crippen molar-refractivity contribution in [3.05, 3.63) is 82.0 Å². The van der Waals surface area contributed by atoms with Crippen molar-refractivity contribution in [3.8, 4) is 0 Å².